The van der Waals surface area contributed by atoms with Crippen molar-refractivity contribution in [2.24, 2.45) is 4.99 Å². The van der Waals surface area contributed by atoms with E-state index in [0.717, 1.165) is 22.5 Å². The van der Waals surface area contributed by atoms with Crippen molar-refractivity contribution in [3.05, 3.63) is 95.8 Å². The van der Waals surface area contributed by atoms with E-state index < -0.39 is 0 Å². The van der Waals surface area contributed by atoms with E-state index in [-0.39, 0.29) is 5.75 Å². The van der Waals surface area contributed by atoms with Crippen molar-refractivity contribution in [1.82, 2.24) is 4.98 Å². The zero-order chi connectivity index (χ0) is 15.2. The van der Waals surface area contributed by atoms with E-state index in [1.165, 1.54) is 0 Å². The number of rotatable bonds is 4. The number of aliphatic imine (C=N–C) groups is 1. The lowest BCUT2D eigenvalue weighted by Gasteiger charge is -2.09. The van der Waals surface area contributed by atoms with Crippen LogP contribution in [0.25, 0.3) is 0 Å². The minimum absolute atomic E-state index is 0.228. The number of phenolic OH excluding ortho intramolecular Hbond substituents is 1. The number of phenols is 1. The van der Waals surface area contributed by atoms with Gasteiger partial charge in [-0.25, -0.2) is 0 Å². The molecule has 0 atom stereocenters. The van der Waals surface area contributed by atoms with E-state index in [1.807, 2.05) is 60.7 Å². The number of pyridine rings is 1. The van der Waals surface area contributed by atoms with Crippen LogP contribution in [0.1, 0.15) is 16.8 Å². The van der Waals surface area contributed by atoms with E-state index >= 15 is 0 Å². The molecule has 22 heavy (non-hydrogen) atoms. The Kier molecular flexibility index (Phi) is 4.25. The average Bonchev–Trinajstić information content (AvgIpc) is 2.58. The summed E-state index contributed by atoms with van der Waals surface area (Å²) in [6.07, 6.45) is 1.76. The maximum absolute atomic E-state index is 10.1. The smallest absolute Gasteiger partial charge is 0.124 e. The average molecular weight is 288 g/mol. The topological polar surface area (TPSA) is 45.5 Å². The molecule has 1 heterocycles. The van der Waals surface area contributed by atoms with Gasteiger partial charge in [-0.2, -0.15) is 0 Å². The van der Waals surface area contributed by atoms with Crippen LogP contribution < -0.4 is 0 Å². The molecule has 3 aromatic rings. The standard InChI is InChI=1S/C19H16N2O/c22-18-12-5-4-11-17(18)19(15-8-2-1-3-9-15)21-14-16-10-6-7-13-20-16/h1-13,22H,14H2. The van der Waals surface area contributed by atoms with Crippen molar-refractivity contribution in [3.8, 4) is 5.75 Å². The van der Waals surface area contributed by atoms with Gasteiger partial charge in [0.15, 0.2) is 0 Å². The molecule has 3 heteroatoms. The third-order valence-corrected chi connectivity index (χ3v) is 3.33. The highest BCUT2D eigenvalue weighted by atomic mass is 16.3. The molecular formula is C19H16N2O. The molecule has 2 aromatic carbocycles. The first-order valence-corrected chi connectivity index (χ1v) is 7.13. The van der Waals surface area contributed by atoms with Gasteiger partial charge in [-0.05, 0) is 24.3 Å². The predicted molar refractivity (Wildman–Crippen MR) is 88.1 cm³/mol. The summed E-state index contributed by atoms with van der Waals surface area (Å²) in [6, 6.07) is 22.9. The van der Waals surface area contributed by atoms with Crippen LogP contribution in [0, 0.1) is 0 Å². The summed E-state index contributed by atoms with van der Waals surface area (Å²) >= 11 is 0. The van der Waals surface area contributed by atoms with Crippen LogP contribution in [-0.2, 0) is 6.54 Å². The van der Waals surface area contributed by atoms with Crippen molar-refractivity contribution < 1.29 is 5.11 Å². The van der Waals surface area contributed by atoms with E-state index in [1.54, 1.807) is 18.3 Å². The molecule has 0 saturated heterocycles. The molecule has 0 amide bonds. The van der Waals surface area contributed by atoms with Crippen LogP contribution in [-0.4, -0.2) is 15.8 Å². The molecule has 0 bridgehead atoms. The predicted octanol–water partition coefficient (Wildman–Crippen LogP) is 3.82. The molecular weight excluding hydrogens is 272 g/mol. The van der Waals surface area contributed by atoms with Gasteiger partial charge >= 0.3 is 0 Å². The molecule has 3 nitrogen and oxygen atoms in total. The first-order valence-electron chi connectivity index (χ1n) is 7.13. The summed E-state index contributed by atoms with van der Waals surface area (Å²) in [5.41, 5.74) is 3.36. The van der Waals surface area contributed by atoms with Gasteiger partial charge in [-0.15, -0.1) is 0 Å². The molecule has 1 N–H and O–H groups in total. The molecule has 3 rings (SSSR count). The maximum Gasteiger partial charge on any atom is 0.124 e. The molecule has 108 valence electrons. The van der Waals surface area contributed by atoms with Gasteiger partial charge in [0, 0.05) is 17.3 Å². The van der Waals surface area contributed by atoms with Gasteiger partial charge in [-0.1, -0.05) is 48.5 Å². The van der Waals surface area contributed by atoms with Crippen LogP contribution in [0.4, 0.5) is 0 Å². The van der Waals surface area contributed by atoms with Gasteiger partial charge in [0.2, 0.25) is 0 Å². The van der Waals surface area contributed by atoms with Crippen LogP contribution in [0.3, 0.4) is 0 Å². The number of aromatic nitrogens is 1. The molecule has 0 aliphatic carbocycles. The molecule has 0 radical (unpaired) electrons. The third-order valence-electron chi connectivity index (χ3n) is 3.33. The summed E-state index contributed by atoms with van der Waals surface area (Å²) in [6.45, 7) is 0.472. The number of nitrogens with zero attached hydrogens (tertiary/aromatic N) is 2. The van der Waals surface area contributed by atoms with Crippen LogP contribution in [0.5, 0.6) is 5.75 Å². The Balaban J connectivity index is 2.02. The Labute approximate surface area is 129 Å². The van der Waals surface area contributed by atoms with Crippen molar-refractivity contribution in [3.63, 3.8) is 0 Å². The summed E-state index contributed by atoms with van der Waals surface area (Å²) in [4.78, 5) is 8.98. The number of para-hydroxylation sites is 1. The third kappa shape index (κ3) is 3.20. The zero-order valence-corrected chi connectivity index (χ0v) is 12.1. The second-order valence-corrected chi connectivity index (χ2v) is 4.87. The molecule has 0 aliphatic rings. The van der Waals surface area contributed by atoms with E-state index in [2.05, 4.69) is 9.98 Å². The molecule has 0 unspecified atom stereocenters. The first kappa shape index (κ1) is 14.0. The second-order valence-electron chi connectivity index (χ2n) is 4.87. The van der Waals surface area contributed by atoms with Crippen molar-refractivity contribution in [2.45, 2.75) is 6.54 Å². The Bertz CT molecular complexity index is 768. The summed E-state index contributed by atoms with van der Waals surface area (Å²) < 4.78 is 0. The second kappa shape index (κ2) is 6.68. The highest BCUT2D eigenvalue weighted by Crippen LogP contribution is 2.21. The highest BCUT2D eigenvalue weighted by molar-refractivity contribution is 6.14. The highest BCUT2D eigenvalue weighted by Gasteiger charge is 2.10. The van der Waals surface area contributed by atoms with Crippen LogP contribution >= 0.6 is 0 Å². The number of aromatic hydroxyl groups is 1. The molecule has 0 aliphatic heterocycles. The fourth-order valence-electron chi connectivity index (χ4n) is 2.25. The fraction of sp³-hybridized carbons (Fsp3) is 0.0526. The van der Waals surface area contributed by atoms with E-state index in [9.17, 15) is 5.11 Å². The minimum Gasteiger partial charge on any atom is -0.507 e. The van der Waals surface area contributed by atoms with Crippen molar-refractivity contribution in [2.75, 3.05) is 0 Å². The van der Waals surface area contributed by atoms with Crippen LogP contribution in [0.2, 0.25) is 0 Å². The molecule has 0 fully saturated rings. The molecule has 0 saturated carbocycles. The fourth-order valence-corrected chi connectivity index (χ4v) is 2.25. The Morgan fingerprint density at radius 2 is 1.59 bits per heavy atom. The van der Waals surface area contributed by atoms with Gasteiger partial charge in [0.1, 0.15) is 5.75 Å². The van der Waals surface area contributed by atoms with Crippen LogP contribution in [0.15, 0.2) is 84.0 Å². The number of hydrogen-bond donors (Lipinski definition) is 1. The monoisotopic (exact) mass is 288 g/mol. The summed E-state index contributed by atoms with van der Waals surface area (Å²) in [5.74, 6) is 0.228. The number of hydrogen-bond acceptors (Lipinski definition) is 3. The van der Waals surface area contributed by atoms with Crippen molar-refractivity contribution >= 4 is 5.71 Å². The molecule has 1 aromatic heterocycles. The van der Waals surface area contributed by atoms with Gasteiger partial charge in [0.05, 0.1) is 18.0 Å². The minimum atomic E-state index is 0.228. The Hall–Kier alpha value is -2.94. The van der Waals surface area contributed by atoms with Gasteiger partial charge < -0.3 is 5.11 Å². The largest absolute Gasteiger partial charge is 0.507 e. The van der Waals surface area contributed by atoms with E-state index in [4.69, 9.17) is 0 Å². The van der Waals surface area contributed by atoms with Gasteiger partial charge in [-0.3, -0.25) is 9.98 Å². The van der Waals surface area contributed by atoms with Crippen molar-refractivity contribution in [1.29, 1.82) is 0 Å². The zero-order valence-electron chi connectivity index (χ0n) is 12.1. The quantitative estimate of drug-likeness (QED) is 0.742. The van der Waals surface area contributed by atoms with Gasteiger partial charge in [0.25, 0.3) is 0 Å². The van der Waals surface area contributed by atoms with E-state index in [0.29, 0.717) is 6.54 Å². The summed E-state index contributed by atoms with van der Waals surface area (Å²) in [5, 5.41) is 10.1. The SMILES string of the molecule is Oc1ccccc1C(=NCc1ccccn1)c1ccccc1. The maximum atomic E-state index is 10.1. The first-order chi connectivity index (χ1) is 10.8. The lowest BCUT2D eigenvalue weighted by Crippen LogP contribution is -2.04. The normalized spacial score (nSPS) is 11.4. The Morgan fingerprint density at radius 3 is 2.32 bits per heavy atom. The summed E-state index contributed by atoms with van der Waals surface area (Å²) in [7, 11) is 0. The lowest BCUT2D eigenvalue weighted by atomic mass is 10.0. The lowest BCUT2D eigenvalue weighted by molar-refractivity contribution is 0.474. The molecule has 0 spiro atoms. The Morgan fingerprint density at radius 1 is 0.864 bits per heavy atom. The number of benzene rings is 2.